The van der Waals surface area contributed by atoms with E-state index in [1.54, 1.807) is 0 Å². The van der Waals surface area contributed by atoms with E-state index in [0.717, 1.165) is 14.6 Å². The van der Waals surface area contributed by atoms with Gasteiger partial charge in [0.2, 0.25) is 0 Å². The van der Waals surface area contributed by atoms with Crippen molar-refractivity contribution in [2.24, 2.45) is 0 Å². The molecule has 0 aliphatic carbocycles. The summed E-state index contributed by atoms with van der Waals surface area (Å²) in [5, 5.41) is 13.0. The highest BCUT2D eigenvalue weighted by Gasteiger charge is 2.14. The van der Waals surface area contributed by atoms with Gasteiger partial charge in [-0.2, -0.15) is 0 Å². The van der Waals surface area contributed by atoms with Gasteiger partial charge in [-0.3, -0.25) is 0 Å². The predicted octanol–water partition coefficient (Wildman–Crippen LogP) is 5.23. The third-order valence-electron chi connectivity index (χ3n) is 2.78. The summed E-state index contributed by atoms with van der Waals surface area (Å²) in [4.78, 5) is 0. The molecule has 0 amide bonds. The van der Waals surface area contributed by atoms with Crippen molar-refractivity contribution in [3.63, 3.8) is 0 Å². The van der Waals surface area contributed by atoms with Crippen molar-refractivity contribution in [2.45, 2.75) is 13.0 Å². The molecule has 19 heavy (non-hydrogen) atoms. The molecule has 0 fully saturated rings. The Bertz CT molecular complexity index is 584. The van der Waals surface area contributed by atoms with Crippen LogP contribution in [0.25, 0.3) is 0 Å². The highest BCUT2D eigenvalue weighted by Crippen LogP contribution is 2.35. The maximum Gasteiger partial charge on any atom is 0.123 e. The number of rotatable bonds is 3. The molecule has 0 spiro atoms. The molecular weight excluding hydrogens is 377 g/mol. The van der Waals surface area contributed by atoms with Gasteiger partial charge in [0.25, 0.3) is 0 Å². The highest BCUT2D eigenvalue weighted by molar-refractivity contribution is 9.11. The smallest absolute Gasteiger partial charge is 0.123 e. The van der Waals surface area contributed by atoms with Crippen LogP contribution in [-0.2, 0) is 0 Å². The third kappa shape index (κ3) is 3.28. The number of hydrogen-bond donors (Lipinski definition) is 2. The van der Waals surface area contributed by atoms with E-state index >= 15 is 0 Å². The van der Waals surface area contributed by atoms with Gasteiger partial charge in [-0.15, -0.1) is 0 Å². The Labute approximate surface area is 127 Å². The molecule has 0 saturated heterocycles. The van der Waals surface area contributed by atoms with Crippen molar-refractivity contribution in [3.05, 3.63) is 56.7 Å². The van der Waals surface area contributed by atoms with E-state index < -0.39 is 0 Å². The van der Waals surface area contributed by atoms with Crippen molar-refractivity contribution in [1.82, 2.24) is 0 Å². The number of aromatic hydroxyl groups is 1. The predicted molar refractivity (Wildman–Crippen MR) is 81.9 cm³/mol. The Morgan fingerprint density at radius 1 is 1.16 bits per heavy atom. The fourth-order valence-corrected chi connectivity index (χ4v) is 3.03. The van der Waals surface area contributed by atoms with Gasteiger partial charge in [0.05, 0.1) is 11.7 Å². The Balaban J connectivity index is 2.31. The average molecular weight is 389 g/mol. The largest absolute Gasteiger partial charge is 0.508 e. The molecule has 0 heterocycles. The van der Waals surface area contributed by atoms with Gasteiger partial charge in [-0.05, 0) is 69.1 Å². The second kappa shape index (κ2) is 5.92. The molecule has 2 aromatic rings. The molecule has 0 bridgehead atoms. The first-order valence-corrected chi connectivity index (χ1v) is 7.26. The lowest BCUT2D eigenvalue weighted by Gasteiger charge is -2.19. The van der Waals surface area contributed by atoms with E-state index in [1.807, 2.05) is 25.1 Å². The molecule has 5 heteroatoms. The Morgan fingerprint density at radius 2 is 1.79 bits per heavy atom. The fraction of sp³-hybridized carbons (Fsp3) is 0.143. The van der Waals surface area contributed by atoms with Crippen LogP contribution in [-0.4, -0.2) is 5.11 Å². The first kappa shape index (κ1) is 14.3. The molecule has 2 nitrogen and oxygen atoms in total. The molecule has 100 valence electrons. The van der Waals surface area contributed by atoms with Gasteiger partial charge in [0.15, 0.2) is 0 Å². The number of phenolic OH excluding ortho intramolecular Hbond substituents is 1. The summed E-state index contributed by atoms with van der Waals surface area (Å²) < 4.78 is 15.0. The lowest BCUT2D eigenvalue weighted by Crippen LogP contribution is -2.08. The second-order valence-electron chi connectivity index (χ2n) is 4.17. The monoisotopic (exact) mass is 387 g/mol. The summed E-state index contributed by atoms with van der Waals surface area (Å²) in [6.07, 6.45) is 0. The molecule has 0 aromatic heterocycles. The average Bonchev–Trinajstić information content (AvgIpc) is 2.37. The second-order valence-corrected chi connectivity index (χ2v) is 5.87. The van der Waals surface area contributed by atoms with Gasteiger partial charge >= 0.3 is 0 Å². The highest BCUT2D eigenvalue weighted by atomic mass is 79.9. The van der Waals surface area contributed by atoms with Crippen LogP contribution < -0.4 is 5.32 Å². The normalized spacial score (nSPS) is 12.2. The van der Waals surface area contributed by atoms with Crippen LogP contribution in [0.15, 0.2) is 45.3 Å². The van der Waals surface area contributed by atoms with Crippen LogP contribution in [0.4, 0.5) is 10.1 Å². The number of nitrogens with one attached hydrogen (secondary N) is 1. The number of phenols is 1. The minimum Gasteiger partial charge on any atom is -0.508 e. The lowest BCUT2D eigenvalue weighted by atomic mass is 10.1. The summed E-state index contributed by atoms with van der Waals surface area (Å²) in [5.74, 6) is -0.294. The zero-order valence-corrected chi connectivity index (χ0v) is 13.3. The molecule has 2 rings (SSSR count). The molecule has 0 saturated carbocycles. The molecule has 2 aromatic carbocycles. The molecule has 1 atom stereocenters. The van der Waals surface area contributed by atoms with E-state index in [1.165, 1.54) is 18.2 Å². The van der Waals surface area contributed by atoms with Crippen molar-refractivity contribution < 1.29 is 9.50 Å². The minimum atomic E-state index is -0.368. The standard InChI is InChI=1S/C14H12Br2FNO/c1-8(10-7-9(17)5-6-13(10)19)18-14-11(15)3-2-4-12(14)16/h2-8,18-19H,1H3. The van der Waals surface area contributed by atoms with E-state index in [9.17, 15) is 9.50 Å². The van der Waals surface area contributed by atoms with Crippen molar-refractivity contribution >= 4 is 37.5 Å². The Kier molecular flexibility index (Phi) is 4.47. The molecule has 0 radical (unpaired) electrons. The first-order valence-electron chi connectivity index (χ1n) is 5.68. The number of benzene rings is 2. The number of halogens is 3. The van der Waals surface area contributed by atoms with Crippen LogP contribution in [0.5, 0.6) is 5.75 Å². The number of para-hydroxylation sites is 1. The van der Waals surface area contributed by atoms with Crippen molar-refractivity contribution in [3.8, 4) is 5.75 Å². The first-order chi connectivity index (χ1) is 8.99. The molecule has 2 N–H and O–H groups in total. The number of anilines is 1. The lowest BCUT2D eigenvalue weighted by molar-refractivity contribution is 0.462. The topological polar surface area (TPSA) is 32.3 Å². The zero-order chi connectivity index (χ0) is 14.0. The van der Waals surface area contributed by atoms with Gasteiger partial charge in [0, 0.05) is 14.5 Å². The van der Waals surface area contributed by atoms with Crippen LogP contribution in [0.2, 0.25) is 0 Å². The summed E-state index contributed by atoms with van der Waals surface area (Å²) in [6, 6.07) is 9.42. The molecule has 0 aliphatic rings. The maximum atomic E-state index is 13.2. The van der Waals surface area contributed by atoms with E-state index in [2.05, 4.69) is 37.2 Å². The minimum absolute atomic E-state index is 0.0737. The molecule has 0 aliphatic heterocycles. The Morgan fingerprint density at radius 3 is 2.42 bits per heavy atom. The van der Waals surface area contributed by atoms with Crippen LogP contribution in [0.1, 0.15) is 18.5 Å². The van der Waals surface area contributed by atoms with Gasteiger partial charge in [-0.25, -0.2) is 4.39 Å². The van der Waals surface area contributed by atoms with Crippen LogP contribution in [0.3, 0.4) is 0 Å². The molecular formula is C14H12Br2FNO. The number of hydrogen-bond acceptors (Lipinski definition) is 2. The summed E-state index contributed by atoms with van der Waals surface area (Å²) in [6.45, 7) is 1.86. The quantitative estimate of drug-likeness (QED) is 0.754. The zero-order valence-electron chi connectivity index (χ0n) is 10.1. The fourth-order valence-electron chi connectivity index (χ4n) is 1.80. The van der Waals surface area contributed by atoms with Crippen LogP contribution in [0, 0.1) is 5.82 Å². The van der Waals surface area contributed by atoms with Crippen molar-refractivity contribution in [2.75, 3.05) is 5.32 Å². The summed E-state index contributed by atoms with van der Waals surface area (Å²) >= 11 is 6.90. The van der Waals surface area contributed by atoms with E-state index in [0.29, 0.717) is 5.56 Å². The van der Waals surface area contributed by atoms with Gasteiger partial charge in [-0.1, -0.05) is 6.07 Å². The molecule has 1 unspecified atom stereocenters. The van der Waals surface area contributed by atoms with E-state index in [-0.39, 0.29) is 17.6 Å². The van der Waals surface area contributed by atoms with Gasteiger partial charge in [0.1, 0.15) is 11.6 Å². The third-order valence-corrected chi connectivity index (χ3v) is 4.10. The Hall–Kier alpha value is -1.07. The summed E-state index contributed by atoms with van der Waals surface area (Å²) in [5.41, 5.74) is 1.38. The van der Waals surface area contributed by atoms with Crippen LogP contribution >= 0.6 is 31.9 Å². The van der Waals surface area contributed by atoms with E-state index in [4.69, 9.17) is 0 Å². The SMILES string of the molecule is CC(Nc1c(Br)cccc1Br)c1cc(F)ccc1O. The summed E-state index contributed by atoms with van der Waals surface area (Å²) in [7, 11) is 0. The van der Waals surface area contributed by atoms with Gasteiger partial charge < -0.3 is 10.4 Å². The van der Waals surface area contributed by atoms with Crippen molar-refractivity contribution in [1.29, 1.82) is 0 Å². The maximum absolute atomic E-state index is 13.2.